The molecule has 0 atom stereocenters. The Kier molecular flexibility index (Phi) is 59.1. The second-order valence-corrected chi connectivity index (χ2v) is 18.9. The molecule has 0 fully saturated rings. The van der Waals surface area contributed by atoms with Gasteiger partial charge >= 0.3 is 0 Å². The van der Waals surface area contributed by atoms with Crippen molar-refractivity contribution < 1.29 is 16.8 Å². The number of nitrogens with two attached hydrogens (primary N) is 1. The van der Waals surface area contributed by atoms with Gasteiger partial charge in [0.25, 0.3) is 0 Å². The van der Waals surface area contributed by atoms with E-state index in [2.05, 4.69) is 38.8 Å². The molecule has 0 aliphatic carbocycles. The fourth-order valence-electron chi connectivity index (χ4n) is 6.50. The highest BCUT2D eigenvalue weighted by Gasteiger charge is 2.12. The predicted octanol–water partition coefficient (Wildman–Crippen LogP) is 9.13. The average Bonchev–Trinajstić information content (AvgIpc) is 3.12. The molecule has 0 spiro atoms. The highest BCUT2D eigenvalue weighted by atomic mass is 35.5. The van der Waals surface area contributed by atoms with Crippen LogP contribution < -0.4 is 25.8 Å². The summed E-state index contributed by atoms with van der Waals surface area (Å²) in [7, 11) is -6.50. The minimum atomic E-state index is -3.25. The molecule has 0 amide bonds. The van der Waals surface area contributed by atoms with Crippen LogP contribution in [0.3, 0.4) is 0 Å². The minimum absolute atomic E-state index is 0. The molecule has 0 heterocycles. The van der Waals surface area contributed by atoms with Gasteiger partial charge in [0.2, 0.25) is 20.0 Å². The van der Waals surface area contributed by atoms with Gasteiger partial charge in [-0.05, 0) is 104 Å². The lowest BCUT2D eigenvalue weighted by Gasteiger charge is -2.22. The monoisotopic (exact) mass is 925 g/mol. The molecule has 0 aliphatic rings. The molecule has 0 aliphatic heterocycles. The Morgan fingerprint density at radius 3 is 1.00 bits per heavy atom. The molecule has 0 saturated carbocycles. The zero-order valence-electron chi connectivity index (χ0n) is 36.0. The smallest absolute Gasteiger partial charge is 0.211 e. The van der Waals surface area contributed by atoms with Gasteiger partial charge in [0.1, 0.15) is 0 Å². The largest absolute Gasteiger partial charge is 0.330 e. The molecule has 0 saturated heterocycles. The Hall–Kier alpha value is 0.820. The first kappa shape index (κ1) is 65.9. The third-order valence-corrected chi connectivity index (χ3v) is 12.8. The zero-order valence-corrected chi connectivity index (χ0v) is 40.9. The lowest BCUT2D eigenvalue weighted by Crippen LogP contribution is -2.35. The van der Waals surface area contributed by atoms with E-state index in [1.807, 2.05) is 0 Å². The van der Waals surface area contributed by atoms with Crippen molar-refractivity contribution in [1.82, 2.24) is 25.0 Å². The fraction of sp³-hybridized carbons (Fsp3) is 1.00. The van der Waals surface area contributed by atoms with Crippen LogP contribution in [0.25, 0.3) is 0 Å². The Bertz CT molecular complexity index is 899. The van der Waals surface area contributed by atoms with Crippen LogP contribution in [0.2, 0.25) is 0 Å². The number of halogens is 4. The Balaban J connectivity index is -0.00000217. The van der Waals surface area contributed by atoms with Crippen molar-refractivity contribution in [2.24, 2.45) is 5.73 Å². The van der Waals surface area contributed by atoms with Gasteiger partial charge in [0.15, 0.2) is 0 Å². The predicted molar refractivity (Wildman–Crippen MR) is 255 cm³/mol. The van der Waals surface area contributed by atoms with Gasteiger partial charge in [0.05, 0.1) is 11.5 Å². The summed E-state index contributed by atoms with van der Waals surface area (Å²) in [5, 5.41) is 6.97. The third-order valence-electron chi connectivity index (χ3n) is 9.82. The molecule has 0 aromatic rings. The van der Waals surface area contributed by atoms with E-state index >= 15 is 0 Å². The normalized spacial score (nSPS) is 11.5. The van der Waals surface area contributed by atoms with Gasteiger partial charge < -0.3 is 21.3 Å². The second kappa shape index (κ2) is 50.2. The molecule has 0 rings (SSSR count). The summed E-state index contributed by atoms with van der Waals surface area (Å²) in [5.74, 6) is 0.420. The SMILES string of the molecule is CCCCCCCCCCCCS(=O)(=O)NCCCN(CCCNCCCCNCCCN)CCCNS(=O)(=O)CCCCCCCCCCCC.Cl.Cl.Cl.Cl. The minimum Gasteiger partial charge on any atom is -0.330 e. The van der Waals surface area contributed by atoms with Crippen LogP contribution in [0, 0.1) is 0 Å². The Labute approximate surface area is 372 Å². The summed E-state index contributed by atoms with van der Waals surface area (Å²) in [5.41, 5.74) is 5.54. The van der Waals surface area contributed by atoms with Crippen LogP contribution in [0.4, 0.5) is 0 Å². The van der Waals surface area contributed by atoms with Crippen molar-refractivity contribution in [1.29, 1.82) is 0 Å². The standard InChI is InChI=1S/C40H88N6O4S2.4ClH/c1-3-5-7-9-11-13-15-17-19-23-39-51(47,48)44-34-27-37-46(36-26-33-43-31-22-21-30-42-32-25-29-41)38-28-35-45-52(49,50)40-24-20-18-16-14-12-10-8-6-4-2;;;;/h42-45H,3-41H2,1-2H3;4*1H. The zero-order chi connectivity index (χ0) is 38.3. The molecule has 10 nitrogen and oxygen atoms in total. The maximum absolute atomic E-state index is 12.6. The van der Waals surface area contributed by atoms with E-state index in [4.69, 9.17) is 5.73 Å². The highest BCUT2D eigenvalue weighted by Crippen LogP contribution is 2.12. The maximum Gasteiger partial charge on any atom is 0.211 e. The number of hydrogen-bond donors (Lipinski definition) is 5. The van der Waals surface area contributed by atoms with Crippen molar-refractivity contribution in [2.45, 2.75) is 181 Å². The Morgan fingerprint density at radius 2 is 0.661 bits per heavy atom. The summed E-state index contributed by atoms with van der Waals surface area (Å²) >= 11 is 0. The van der Waals surface area contributed by atoms with Crippen molar-refractivity contribution >= 4 is 69.7 Å². The van der Waals surface area contributed by atoms with Crippen LogP contribution in [0.15, 0.2) is 0 Å². The van der Waals surface area contributed by atoms with Gasteiger partial charge in [0, 0.05) is 13.1 Å². The van der Waals surface area contributed by atoms with Crippen molar-refractivity contribution in [2.75, 3.05) is 77.0 Å². The van der Waals surface area contributed by atoms with E-state index in [0.29, 0.717) is 13.1 Å². The summed E-state index contributed by atoms with van der Waals surface area (Å²) in [6.45, 7) is 12.5. The highest BCUT2D eigenvalue weighted by molar-refractivity contribution is 7.89. The molecule has 0 unspecified atom stereocenters. The molecule has 0 bridgehead atoms. The van der Waals surface area contributed by atoms with Crippen molar-refractivity contribution in [3.63, 3.8) is 0 Å². The molecule has 0 aromatic heterocycles. The van der Waals surface area contributed by atoms with E-state index in [1.54, 1.807) is 0 Å². The van der Waals surface area contributed by atoms with Crippen LogP contribution >= 0.6 is 49.6 Å². The number of nitrogens with zero attached hydrogens (tertiary/aromatic N) is 1. The number of rotatable bonds is 44. The van der Waals surface area contributed by atoms with Gasteiger partial charge in [-0.1, -0.05) is 129 Å². The number of sulfonamides is 2. The summed E-state index contributed by atoms with van der Waals surface area (Å²) in [4.78, 5) is 2.36. The first-order valence-corrected chi connectivity index (χ1v) is 25.3. The van der Waals surface area contributed by atoms with Crippen molar-refractivity contribution in [3.05, 3.63) is 0 Å². The second-order valence-electron chi connectivity index (χ2n) is 15.0. The fourth-order valence-corrected chi connectivity index (χ4v) is 8.87. The third kappa shape index (κ3) is 51.0. The van der Waals surface area contributed by atoms with E-state index in [9.17, 15) is 16.8 Å². The summed E-state index contributed by atoms with van der Waals surface area (Å²) in [6, 6.07) is 0. The first-order valence-electron chi connectivity index (χ1n) is 22.0. The van der Waals surface area contributed by atoms with Crippen LogP contribution in [-0.4, -0.2) is 98.7 Å². The maximum atomic E-state index is 12.6. The van der Waals surface area contributed by atoms with Crippen LogP contribution in [0.1, 0.15) is 181 Å². The molecule has 0 aromatic carbocycles. The Morgan fingerprint density at radius 1 is 0.375 bits per heavy atom. The molecular formula is C40H92Cl4N6O4S2. The van der Waals surface area contributed by atoms with E-state index in [0.717, 1.165) is 129 Å². The summed E-state index contributed by atoms with van der Waals surface area (Å²) < 4.78 is 56.0. The van der Waals surface area contributed by atoms with Gasteiger partial charge in [-0.25, -0.2) is 26.3 Å². The summed E-state index contributed by atoms with van der Waals surface area (Å²) in [6.07, 6.45) is 29.5. The molecule has 56 heavy (non-hydrogen) atoms. The number of nitrogens with one attached hydrogen (secondary N) is 4. The van der Waals surface area contributed by atoms with Crippen molar-refractivity contribution in [3.8, 4) is 0 Å². The van der Waals surface area contributed by atoms with E-state index in [-0.39, 0.29) is 61.1 Å². The topological polar surface area (TPSA) is 146 Å². The first-order chi connectivity index (χ1) is 25.3. The van der Waals surface area contributed by atoms with Crippen LogP contribution in [0.5, 0.6) is 0 Å². The molecule has 346 valence electrons. The van der Waals surface area contributed by atoms with Gasteiger partial charge in [-0.2, -0.15) is 0 Å². The number of hydrogen-bond acceptors (Lipinski definition) is 8. The van der Waals surface area contributed by atoms with E-state index in [1.165, 1.54) is 89.9 Å². The van der Waals surface area contributed by atoms with Gasteiger partial charge in [-0.3, -0.25) is 0 Å². The average molecular weight is 927 g/mol. The molecule has 16 heteroatoms. The van der Waals surface area contributed by atoms with Gasteiger partial charge in [-0.15, -0.1) is 49.6 Å². The molecule has 0 radical (unpaired) electrons. The lowest BCUT2D eigenvalue weighted by atomic mass is 10.1. The molecule has 6 N–H and O–H groups in total. The number of unbranched alkanes of at least 4 members (excludes halogenated alkanes) is 19. The quantitative estimate of drug-likeness (QED) is 0.0381. The van der Waals surface area contributed by atoms with Crippen LogP contribution in [-0.2, 0) is 20.0 Å². The lowest BCUT2D eigenvalue weighted by molar-refractivity contribution is 0.263. The van der Waals surface area contributed by atoms with E-state index < -0.39 is 20.0 Å². The molecular weight excluding hydrogens is 834 g/mol.